The molecule has 4 heterocycles. The Morgan fingerprint density at radius 3 is 2.56 bits per heavy atom. The van der Waals surface area contributed by atoms with Crippen LogP contribution in [0.4, 0.5) is 31.7 Å². The van der Waals surface area contributed by atoms with Gasteiger partial charge in [0.2, 0.25) is 23.4 Å². The summed E-state index contributed by atoms with van der Waals surface area (Å²) in [5, 5.41) is 9.38. The van der Waals surface area contributed by atoms with Gasteiger partial charge in [0.15, 0.2) is 0 Å². The first-order chi connectivity index (χ1) is 20.8. The third kappa shape index (κ3) is 5.04. The monoisotopic (exact) mass is 592 g/mol. The Hall–Kier alpha value is -4.62. The molecular weight excluding hydrogens is 562 g/mol. The van der Waals surface area contributed by atoms with E-state index in [-0.39, 0.29) is 18.6 Å². The summed E-state index contributed by atoms with van der Waals surface area (Å²) in [6.07, 6.45) is 3.61. The van der Waals surface area contributed by atoms with E-state index in [1.54, 1.807) is 12.3 Å². The molecule has 43 heavy (non-hydrogen) atoms. The number of hydrogen-bond acceptors (Lipinski definition) is 9. The number of methoxy groups -OCH3 is 2. The van der Waals surface area contributed by atoms with Crippen LogP contribution in [0, 0.1) is 11.6 Å². The average molecular weight is 593 g/mol. The van der Waals surface area contributed by atoms with Crippen LogP contribution in [-0.4, -0.2) is 55.7 Å². The van der Waals surface area contributed by atoms with Gasteiger partial charge in [-0.3, -0.25) is 9.59 Å². The second kappa shape index (κ2) is 11.2. The molecule has 2 aromatic heterocycles. The second-order valence-electron chi connectivity index (χ2n) is 10.5. The van der Waals surface area contributed by atoms with Crippen LogP contribution in [0.15, 0.2) is 43.1 Å². The Bertz CT molecular complexity index is 1590. The van der Waals surface area contributed by atoms with Crippen molar-refractivity contribution >= 4 is 34.7 Å². The minimum atomic E-state index is -1.09. The number of pyridine rings is 2. The Balaban J connectivity index is 1.33. The zero-order chi connectivity index (χ0) is 30.3. The molecule has 1 saturated heterocycles. The average Bonchev–Trinajstić information content (AvgIpc) is 3.83. The number of carbonyl (C=O) groups excluding carboxylic acids is 2. The number of morpholine rings is 1. The van der Waals surface area contributed by atoms with E-state index in [4.69, 9.17) is 14.2 Å². The summed E-state index contributed by atoms with van der Waals surface area (Å²) in [6, 6.07) is 7.35. The van der Waals surface area contributed by atoms with E-state index in [0.717, 1.165) is 22.6 Å². The maximum atomic E-state index is 15.3. The van der Waals surface area contributed by atoms with Gasteiger partial charge in [0.05, 0.1) is 50.3 Å². The lowest BCUT2D eigenvalue weighted by atomic mass is 9.86. The number of benzene rings is 1. The summed E-state index contributed by atoms with van der Waals surface area (Å²) in [4.78, 5) is 35.4. The van der Waals surface area contributed by atoms with E-state index < -0.39 is 40.4 Å². The lowest BCUT2D eigenvalue weighted by Crippen LogP contribution is -2.45. The number of halogens is 2. The van der Waals surface area contributed by atoms with Gasteiger partial charge in [-0.05, 0) is 53.8 Å². The molecule has 3 aliphatic rings. The van der Waals surface area contributed by atoms with E-state index >= 15 is 8.78 Å². The largest absolute Gasteiger partial charge is 0.479 e. The highest BCUT2D eigenvalue weighted by Crippen LogP contribution is 2.55. The van der Waals surface area contributed by atoms with Crippen molar-refractivity contribution in [3.05, 3.63) is 71.4 Å². The molecule has 1 unspecified atom stereocenters. The number of fused-ring (bicyclic) bond motifs is 2. The molecule has 11 nitrogen and oxygen atoms in total. The van der Waals surface area contributed by atoms with Gasteiger partial charge in [-0.2, -0.15) is 13.8 Å². The Kier molecular flexibility index (Phi) is 7.44. The SMILES string of the molecule is C=CC(=O)Nc1cc(C2CNCCO2)ccc1Nc1cc2c(cn1)CN(c1c(F)c(OC)nc(OC)c1F)C(=O)C21CC1. The van der Waals surface area contributed by atoms with Gasteiger partial charge in [0.1, 0.15) is 11.5 Å². The Morgan fingerprint density at radius 1 is 1.19 bits per heavy atom. The molecule has 1 aromatic carbocycles. The van der Waals surface area contributed by atoms with Crippen LogP contribution in [0.2, 0.25) is 0 Å². The fourth-order valence-corrected chi connectivity index (χ4v) is 5.60. The van der Waals surface area contributed by atoms with Crippen LogP contribution >= 0.6 is 0 Å². The van der Waals surface area contributed by atoms with Crippen LogP contribution in [-0.2, 0) is 26.3 Å². The lowest BCUT2D eigenvalue weighted by Gasteiger charge is -2.35. The predicted molar refractivity (Wildman–Crippen MR) is 154 cm³/mol. The maximum absolute atomic E-state index is 15.3. The van der Waals surface area contributed by atoms with E-state index in [1.165, 1.54) is 20.3 Å². The molecule has 0 bridgehead atoms. The van der Waals surface area contributed by atoms with Crippen LogP contribution in [0.5, 0.6) is 11.8 Å². The van der Waals surface area contributed by atoms with Crippen LogP contribution < -0.4 is 30.3 Å². The molecule has 3 N–H and O–H groups in total. The summed E-state index contributed by atoms with van der Waals surface area (Å²) < 4.78 is 46.4. The van der Waals surface area contributed by atoms with Gasteiger partial charge in [0, 0.05) is 19.3 Å². The highest BCUT2D eigenvalue weighted by molar-refractivity contribution is 6.05. The molecule has 6 rings (SSSR count). The van der Waals surface area contributed by atoms with Crippen molar-refractivity contribution in [2.75, 3.05) is 49.4 Å². The predicted octanol–water partition coefficient (Wildman–Crippen LogP) is 3.88. The molecule has 2 fully saturated rings. The molecule has 1 spiro atoms. The summed E-state index contributed by atoms with van der Waals surface area (Å²) >= 11 is 0. The fourth-order valence-electron chi connectivity index (χ4n) is 5.60. The molecule has 2 amide bonds. The summed E-state index contributed by atoms with van der Waals surface area (Å²) in [5.74, 6) is -3.52. The minimum absolute atomic E-state index is 0.113. The van der Waals surface area contributed by atoms with Crippen molar-refractivity contribution in [2.45, 2.75) is 30.9 Å². The number of aromatic nitrogens is 2. The molecule has 1 saturated carbocycles. The first kappa shape index (κ1) is 28.5. The van der Waals surface area contributed by atoms with Crippen molar-refractivity contribution in [1.82, 2.24) is 15.3 Å². The van der Waals surface area contributed by atoms with Crippen molar-refractivity contribution < 1.29 is 32.6 Å². The van der Waals surface area contributed by atoms with Gasteiger partial charge in [-0.25, -0.2) is 4.98 Å². The number of ether oxygens (including phenoxy) is 3. The molecule has 224 valence electrons. The normalized spacial score (nSPS) is 18.6. The molecule has 3 aromatic rings. The van der Waals surface area contributed by atoms with Crippen molar-refractivity contribution in [3.63, 3.8) is 0 Å². The van der Waals surface area contributed by atoms with Gasteiger partial charge in [-0.1, -0.05) is 12.6 Å². The molecule has 13 heteroatoms. The van der Waals surface area contributed by atoms with Gasteiger partial charge in [0.25, 0.3) is 11.8 Å². The zero-order valence-electron chi connectivity index (χ0n) is 23.6. The van der Waals surface area contributed by atoms with Gasteiger partial charge >= 0.3 is 0 Å². The Labute approximate surface area is 246 Å². The molecule has 1 atom stereocenters. The van der Waals surface area contributed by atoms with Crippen LogP contribution in [0.25, 0.3) is 0 Å². The third-order valence-electron chi connectivity index (χ3n) is 7.94. The number of nitrogens with one attached hydrogen (secondary N) is 3. The standard InChI is InChI=1S/C30H30F2N6O5/c1-4-23(39)36-20-11-16(21-14-33-9-10-43-21)5-6-19(20)35-22-12-18-17(13-34-22)15-38(29(40)30(18)7-8-30)26-24(31)27(41-2)37-28(42-3)25(26)32/h4-6,11-13,21,33H,1,7-10,14-15H2,2-3H3,(H,34,35)(H,36,39). The number of hydrogen-bond donors (Lipinski definition) is 3. The molecular formula is C30H30F2N6O5. The van der Waals surface area contributed by atoms with Crippen LogP contribution in [0.1, 0.15) is 35.6 Å². The number of carbonyl (C=O) groups is 2. The van der Waals surface area contributed by atoms with E-state index in [9.17, 15) is 9.59 Å². The highest BCUT2D eigenvalue weighted by Gasteiger charge is 2.57. The quantitative estimate of drug-likeness (QED) is 0.334. The zero-order valence-corrected chi connectivity index (χ0v) is 23.6. The Morgan fingerprint density at radius 2 is 1.93 bits per heavy atom. The first-order valence-electron chi connectivity index (χ1n) is 13.7. The van der Waals surface area contributed by atoms with Gasteiger partial charge < -0.3 is 35.1 Å². The van der Waals surface area contributed by atoms with Crippen LogP contribution in [0.3, 0.4) is 0 Å². The summed E-state index contributed by atoms with van der Waals surface area (Å²) in [7, 11) is 2.40. The fraction of sp³-hybridized carbons (Fsp3) is 0.333. The van der Waals surface area contributed by atoms with Crippen molar-refractivity contribution in [1.29, 1.82) is 0 Å². The molecule has 1 aliphatic carbocycles. The summed E-state index contributed by atoms with van der Waals surface area (Å²) in [6.45, 7) is 5.43. The lowest BCUT2D eigenvalue weighted by molar-refractivity contribution is -0.121. The second-order valence-corrected chi connectivity index (χ2v) is 10.5. The van der Waals surface area contributed by atoms with E-state index in [1.807, 2.05) is 18.2 Å². The number of nitrogens with zero attached hydrogens (tertiary/aromatic N) is 3. The summed E-state index contributed by atoms with van der Waals surface area (Å²) in [5.41, 5.74) is 1.82. The topological polar surface area (TPSA) is 127 Å². The smallest absolute Gasteiger partial charge is 0.255 e. The van der Waals surface area contributed by atoms with Crippen molar-refractivity contribution in [2.24, 2.45) is 0 Å². The molecule has 2 aliphatic heterocycles. The number of anilines is 4. The maximum Gasteiger partial charge on any atom is 0.255 e. The minimum Gasteiger partial charge on any atom is -0.479 e. The number of amides is 2. The molecule has 0 radical (unpaired) electrons. The van der Waals surface area contributed by atoms with Crippen molar-refractivity contribution in [3.8, 4) is 11.8 Å². The number of rotatable bonds is 8. The van der Waals surface area contributed by atoms with Gasteiger partial charge in [-0.15, -0.1) is 0 Å². The first-order valence-corrected chi connectivity index (χ1v) is 13.7. The third-order valence-corrected chi connectivity index (χ3v) is 7.94. The van der Waals surface area contributed by atoms with E-state index in [2.05, 4.69) is 32.5 Å². The van der Waals surface area contributed by atoms with E-state index in [0.29, 0.717) is 48.7 Å². The highest BCUT2D eigenvalue weighted by atomic mass is 19.1.